The SMILES string of the molecule is COc1ccc(S(=O)(=O)NC(C)(C)C)cc1N(C)S(=O)(=O)c1ccc(C)cc1. The molecule has 0 aliphatic heterocycles. The Hall–Kier alpha value is -2.10. The lowest BCUT2D eigenvalue weighted by atomic mass is 10.1. The summed E-state index contributed by atoms with van der Waals surface area (Å²) in [6, 6.07) is 10.5. The fraction of sp³-hybridized carbons (Fsp3) is 0.368. The van der Waals surface area contributed by atoms with Crippen molar-refractivity contribution in [2.24, 2.45) is 0 Å². The second-order valence-electron chi connectivity index (χ2n) is 7.47. The normalized spacial score (nSPS) is 12.6. The van der Waals surface area contributed by atoms with Crippen molar-refractivity contribution in [2.75, 3.05) is 18.5 Å². The molecule has 0 radical (unpaired) electrons. The molecule has 2 aromatic rings. The van der Waals surface area contributed by atoms with E-state index in [0.29, 0.717) is 0 Å². The smallest absolute Gasteiger partial charge is 0.264 e. The number of rotatable bonds is 6. The van der Waals surface area contributed by atoms with Gasteiger partial charge in [-0.15, -0.1) is 0 Å². The summed E-state index contributed by atoms with van der Waals surface area (Å²) in [6.45, 7) is 7.04. The number of nitrogens with zero attached hydrogens (tertiary/aromatic N) is 1. The summed E-state index contributed by atoms with van der Waals surface area (Å²) in [5, 5.41) is 0. The summed E-state index contributed by atoms with van der Waals surface area (Å²) in [4.78, 5) is 0.0490. The van der Waals surface area contributed by atoms with Crippen LogP contribution in [0, 0.1) is 6.92 Å². The average molecular weight is 427 g/mol. The van der Waals surface area contributed by atoms with Gasteiger partial charge in [0.15, 0.2) is 0 Å². The minimum absolute atomic E-state index is 0.0517. The predicted molar refractivity (Wildman–Crippen MR) is 110 cm³/mol. The van der Waals surface area contributed by atoms with Crippen LogP contribution in [0.4, 0.5) is 5.69 Å². The maximum Gasteiger partial charge on any atom is 0.264 e. The standard InChI is InChI=1S/C19H26N2O5S2/c1-14-7-9-15(10-8-14)28(24,25)21(5)17-13-16(11-12-18(17)26-6)27(22,23)20-19(2,3)4/h7-13,20H,1-6H3. The number of methoxy groups -OCH3 is 1. The van der Waals surface area contributed by atoms with Gasteiger partial charge >= 0.3 is 0 Å². The molecule has 0 aromatic heterocycles. The van der Waals surface area contributed by atoms with E-state index in [-0.39, 0.29) is 21.2 Å². The third-order valence-electron chi connectivity index (χ3n) is 3.92. The molecule has 0 heterocycles. The second-order valence-corrected chi connectivity index (χ2v) is 11.1. The van der Waals surface area contributed by atoms with E-state index in [1.165, 1.54) is 44.5 Å². The van der Waals surface area contributed by atoms with Crippen LogP contribution in [-0.4, -0.2) is 36.5 Å². The van der Waals surface area contributed by atoms with Gasteiger partial charge < -0.3 is 4.74 Å². The van der Waals surface area contributed by atoms with Crippen LogP contribution >= 0.6 is 0 Å². The molecule has 0 aliphatic carbocycles. The maximum absolute atomic E-state index is 13.0. The van der Waals surface area contributed by atoms with E-state index in [1.54, 1.807) is 32.9 Å². The Morgan fingerprint density at radius 2 is 1.46 bits per heavy atom. The Bertz CT molecular complexity index is 1050. The van der Waals surface area contributed by atoms with Crippen LogP contribution in [0.5, 0.6) is 5.75 Å². The van der Waals surface area contributed by atoms with Gasteiger partial charge in [-0.25, -0.2) is 21.6 Å². The molecule has 154 valence electrons. The molecule has 28 heavy (non-hydrogen) atoms. The van der Waals surface area contributed by atoms with E-state index >= 15 is 0 Å². The molecule has 0 spiro atoms. The predicted octanol–water partition coefficient (Wildman–Crippen LogP) is 2.91. The molecule has 0 atom stereocenters. The van der Waals surface area contributed by atoms with Gasteiger partial charge in [0.05, 0.1) is 22.6 Å². The van der Waals surface area contributed by atoms with Crippen molar-refractivity contribution in [3.8, 4) is 5.75 Å². The minimum atomic E-state index is -3.90. The number of sulfonamides is 2. The molecule has 7 nitrogen and oxygen atoms in total. The van der Waals surface area contributed by atoms with Crippen LogP contribution in [0.2, 0.25) is 0 Å². The zero-order valence-corrected chi connectivity index (χ0v) is 18.5. The monoisotopic (exact) mass is 426 g/mol. The highest BCUT2D eigenvalue weighted by atomic mass is 32.2. The lowest BCUT2D eigenvalue weighted by Gasteiger charge is -2.24. The third kappa shape index (κ3) is 4.84. The summed E-state index contributed by atoms with van der Waals surface area (Å²) in [5.74, 6) is 0.243. The molecule has 0 aliphatic rings. The molecule has 0 unspecified atom stereocenters. The summed E-state index contributed by atoms with van der Waals surface area (Å²) >= 11 is 0. The molecule has 9 heteroatoms. The Morgan fingerprint density at radius 1 is 0.929 bits per heavy atom. The molecule has 2 aromatic carbocycles. The largest absolute Gasteiger partial charge is 0.495 e. The first-order valence-corrected chi connectivity index (χ1v) is 11.5. The molecule has 1 N–H and O–H groups in total. The van der Waals surface area contributed by atoms with Gasteiger partial charge in [0.2, 0.25) is 10.0 Å². The molecule has 0 amide bonds. The van der Waals surface area contributed by atoms with Gasteiger partial charge in [0.25, 0.3) is 10.0 Å². The Morgan fingerprint density at radius 3 is 1.96 bits per heavy atom. The topological polar surface area (TPSA) is 92.8 Å². The number of nitrogens with one attached hydrogen (secondary N) is 1. The molecular weight excluding hydrogens is 400 g/mol. The summed E-state index contributed by atoms with van der Waals surface area (Å²) in [7, 11) is -4.99. The zero-order valence-electron chi connectivity index (χ0n) is 16.8. The summed E-state index contributed by atoms with van der Waals surface area (Å²) in [5.41, 5.74) is 0.374. The first kappa shape index (κ1) is 22.2. The van der Waals surface area contributed by atoms with Crippen molar-refractivity contribution < 1.29 is 21.6 Å². The van der Waals surface area contributed by atoms with E-state index in [2.05, 4.69) is 4.72 Å². The second kappa shape index (κ2) is 7.73. The van der Waals surface area contributed by atoms with Crippen LogP contribution in [0.1, 0.15) is 26.3 Å². The van der Waals surface area contributed by atoms with Crippen molar-refractivity contribution in [3.63, 3.8) is 0 Å². The highest BCUT2D eigenvalue weighted by Crippen LogP contribution is 2.33. The van der Waals surface area contributed by atoms with Crippen LogP contribution < -0.4 is 13.8 Å². The number of anilines is 1. The molecule has 0 saturated heterocycles. The average Bonchev–Trinajstić information content (AvgIpc) is 2.58. The van der Waals surface area contributed by atoms with Gasteiger partial charge in [0.1, 0.15) is 5.75 Å². The molecular formula is C19H26N2O5S2. The lowest BCUT2D eigenvalue weighted by molar-refractivity contribution is 0.415. The zero-order chi connectivity index (χ0) is 21.3. The van der Waals surface area contributed by atoms with Crippen LogP contribution in [0.15, 0.2) is 52.3 Å². The van der Waals surface area contributed by atoms with Crippen molar-refractivity contribution in [3.05, 3.63) is 48.0 Å². The highest BCUT2D eigenvalue weighted by molar-refractivity contribution is 7.92. The van der Waals surface area contributed by atoms with E-state index in [9.17, 15) is 16.8 Å². The number of hydrogen-bond donors (Lipinski definition) is 1. The highest BCUT2D eigenvalue weighted by Gasteiger charge is 2.27. The lowest BCUT2D eigenvalue weighted by Crippen LogP contribution is -2.40. The van der Waals surface area contributed by atoms with Gasteiger partial charge in [-0.2, -0.15) is 0 Å². The number of benzene rings is 2. The molecule has 0 saturated carbocycles. The van der Waals surface area contributed by atoms with Crippen LogP contribution in [-0.2, 0) is 20.0 Å². The third-order valence-corrected chi connectivity index (χ3v) is 7.46. The van der Waals surface area contributed by atoms with Crippen molar-refractivity contribution in [1.29, 1.82) is 0 Å². The van der Waals surface area contributed by atoms with Crippen molar-refractivity contribution in [2.45, 2.75) is 43.0 Å². The molecule has 0 bridgehead atoms. The molecule has 0 fully saturated rings. The van der Waals surface area contributed by atoms with Gasteiger partial charge in [0, 0.05) is 12.6 Å². The number of ether oxygens (including phenoxy) is 1. The van der Waals surface area contributed by atoms with Crippen molar-refractivity contribution in [1.82, 2.24) is 4.72 Å². The minimum Gasteiger partial charge on any atom is -0.495 e. The number of hydrogen-bond acceptors (Lipinski definition) is 5. The van der Waals surface area contributed by atoms with Crippen LogP contribution in [0.3, 0.4) is 0 Å². The molecule has 2 rings (SSSR count). The van der Waals surface area contributed by atoms with Gasteiger partial charge in [-0.05, 0) is 58.0 Å². The van der Waals surface area contributed by atoms with Crippen molar-refractivity contribution >= 4 is 25.7 Å². The van der Waals surface area contributed by atoms with Gasteiger partial charge in [-0.1, -0.05) is 17.7 Å². The fourth-order valence-electron chi connectivity index (χ4n) is 2.54. The Balaban J connectivity index is 2.56. The summed E-state index contributed by atoms with van der Waals surface area (Å²) in [6.07, 6.45) is 0. The van der Waals surface area contributed by atoms with E-state index in [1.807, 2.05) is 6.92 Å². The van der Waals surface area contributed by atoms with Crippen LogP contribution in [0.25, 0.3) is 0 Å². The van der Waals surface area contributed by atoms with E-state index in [0.717, 1.165) is 9.87 Å². The fourth-order valence-corrected chi connectivity index (χ4v) is 5.18. The van der Waals surface area contributed by atoms with E-state index < -0.39 is 25.6 Å². The number of aryl methyl sites for hydroxylation is 1. The van der Waals surface area contributed by atoms with E-state index in [4.69, 9.17) is 4.74 Å². The first-order valence-electron chi connectivity index (χ1n) is 8.55. The quantitative estimate of drug-likeness (QED) is 0.767. The summed E-state index contributed by atoms with van der Waals surface area (Å²) < 4.78 is 60.2. The van der Waals surface area contributed by atoms with Gasteiger partial charge in [-0.3, -0.25) is 4.31 Å². The first-order chi connectivity index (χ1) is 12.8. The maximum atomic E-state index is 13.0. The Labute approximate surface area is 167 Å². The Kier molecular flexibility index (Phi) is 6.13.